The molecule has 0 aliphatic carbocycles. The van der Waals surface area contributed by atoms with Gasteiger partial charge in [-0.05, 0) is 170 Å². The number of rotatable bonds is 0. The summed E-state index contributed by atoms with van der Waals surface area (Å²) in [7, 11) is 0. The molecule has 8 rings (SSSR count). The molecule has 0 N–H and O–H groups in total. The Hall–Kier alpha value is -8.36. The van der Waals surface area contributed by atoms with Crippen LogP contribution in [0.3, 0.4) is 0 Å². The molecule has 0 saturated carbocycles. The average molecular weight is 979 g/mol. The molecule has 0 unspecified atom stereocenters. The van der Waals surface area contributed by atoms with Crippen LogP contribution in [0.25, 0.3) is 21.5 Å². The summed E-state index contributed by atoms with van der Waals surface area (Å²) in [6, 6.07) is 62.5. The summed E-state index contributed by atoms with van der Waals surface area (Å²) in [4.78, 5) is 0. The van der Waals surface area contributed by atoms with E-state index in [0.717, 1.165) is 33.4 Å². The minimum absolute atomic E-state index is 0.172. The predicted molar refractivity (Wildman–Crippen MR) is 330 cm³/mol. The minimum Gasteiger partial charge on any atom is -0.101 e. The number of hydrogen-bond acceptors (Lipinski definition) is 0. The second kappa shape index (κ2) is 31.3. The standard InChI is InChI=1S/C17H24.2C13H10.C13H16.C10H10.C9H8/c1-8-9-13-10-14(16(2,3)4)12-15(11-13)17(5,6)7;1-2-6-11-8-5-9-12-7-3-4-10-13(11)12;1-2-5-11-8-9-12-6-3-4-7-13(12)10-11;1-5-6-11-7-9-12(10-8-11)13(2,3)4;1-3-4-10-7-5-9(2)6-8-10;1-2-6-9-7-4-3-5-8-9/h10-12H,1-7H3;3-5,7-10H,1H3;3-4,6-10H,1H3;7-10H,1-4H3;5-8H,1-2H3;3-5,7-8H,1H3. The Bertz CT molecular complexity index is 3390. The first-order chi connectivity index (χ1) is 35.7. The molecule has 0 saturated heterocycles. The number of benzene rings is 8. The summed E-state index contributed by atoms with van der Waals surface area (Å²) in [5.74, 6) is 35.7. The topological polar surface area (TPSA) is 0 Å². The highest BCUT2D eigenvalue weighted by Crippen LogP contribution is 2.30. The van der Waals surface area contributed by atoms with Gasteiger partial charge in [0, 0.05) is 33.4 Å². The Balaban J connectivity index is 0.000000240. The predicted octanol–water partition coefficient (Wildman–Crippen LogP) is 18.9. The smallest absolute Gasteiger partial charge is 0.0323 e. The van der Waals surface area contributed by atoms with Crippen molar-refractivity contribution in [2.45, 2.75) is 127 Å². The summed E-state index contributed by atoms with van der Waals surface area (Å²) in [5.41, 5.74) is 12.5. The van der Waals surface area contributed by atoms with Crippen molar-refractivity contribution < 1.29 is 0 Å². The van der Waals surface area contributed by atoms with E-state index in [9.17, 15) is 0 Å². The first-order valence-electron chi connectivity index (χ1n) is 25.7. The van der Waals surface area contributed by atoms with E-state index in [2.05, 4.69) is 249 Å². The zero-order valence-corrected chi connectivity index (χ0v) is 47.8. The van der Waals surface area contributed by atoms with Crippen molar-refractivity contribution in [3.8, 4) is 71.0 Å². The molecular weight excluding hydrogens is 901 g/mol. The lowest BCUT2D eigenvalue weighted by atomic mass is 9.79. The molecule has 0 heterocycles. The highest BCUT2D eigenvalue weighted by molar-refractivity contribution is 5.88. The van der Waals surface area contributed by atoms with Gasteiger partial charge in [0.15, 0.2) is 0 Å². The molecule has 0 spiro atoms. The maximum atomic E-state index is 3.18. The summed E-state index contributed by atoms with van der Waals surface area (Å²) < 4.78 is 0. The van der Waals surface area contributed by atoms with Crippen LogP contribution < -0.4 is 0 Å². The van der Waals surface area contributed by atoms with Crippen LogP contribution in [-0.2, 0) is 16.2 Å². The first-order valence-corrected chi connectivity index (χ1v) is 25.7. The molecule has 8 aromatic carbocycles. The van der Waals surface area contributed by atoms with E-state index in [-0.39, 0.29) is 16.2 Å². The molecule has 0 nitrogen and oxygen atoms in total. The van der Waals surface area contributed by atoms with Crippen molar-refractivity contribution in [3.05, 3.63) is 238 Å². The van der Waals surface area contributed by atoms with Crippen LogP contribution in [0, 0.1) is 78.0 Å². The van der Waals surface area contributed by atoms with E-state index in [1.165, 1.54) is 43.8 Å². The summed E-state index contributed by atoms with van der Waals surface area (Å²) >= 11 is 0. The molecule has 0 aromatic heterocycles. The van der Waals surface area contributed by atoms with Gasteiger partial charge in [0.2, 0.25) is 0 Å². The van der Waals surface area contributed by atoms with Crippen molar-refractivity contribution in [2.75, 3.05) is 0 Å². The van der Waals surface area contributed by atoms with Gasteiger partial charge >= 0.3 is 0 Å². The molecule has 0 fully saturated rings. The maximum Gasteiger partial charge on any atom is 0.0323 e. The molecule has 378 valence electrons. The molecule has 0 atom stereocenters. The fourth-order valence-corrected chi connectivity index (χ4v) is 7.24. The van der Waals surface area contributed by atoms with Crippen LogP contribution in [0.1, 0.15) is 159 Å². The molecule has 0 heteroatoms. The second-order valence-electron chi connectivity index (χ2n) is 20.7. The SMILES string of the molecule is CC#Cc1cc(C(C)(C)C)cc(C(C)(C)C)c1.CC#Cc1ccc(C(C)(C)C)cc1.CC#Cc1ccc(C)cc1.CC#Cc1ccc2ccccc2c1.CC#Cc1cccc2ccccc12.CC#Cc1ccccc1. The number of hydrogen-bond donors (Lipinski definition) is 0. The minimum atomic E-state index is 0.172. The molecule has 8 aromatic rings. The van der Waals surface area contributed by atoms with Crippen LogP contribution in [0.2, 0.25) is 0 Å². The van der Waals surface area contributed by atoms with E-state index >= 15 is 0 Å². The zero-order chi connectivity index (χ0) is 55.3. The van der Waals surface area contributed by atoms with Crippen molar-refractivity contribution in [1.82, 2.24) is 0 Å². The molecule has 0 aliphatic heterocycles. The van der Waals surface area contributed by atoms with Gasteiger partial charge in [-0.25, -0.2) is 0 Å². The summed E-state index contributed by atoms with van der Waals surface area (Å²) in [5, 5.41) is 5.01. The van der Waals surface area contributed by atoms with Gasteiger partial charge < -0.3 is 0 Å². The van der Waals surface area contributed by atoms with Crippen molar-refractivity contribution in [3.63, 3.8) is 0 Å². The maximum absolute atomic E-state index is 3.18. The van der Waals surface area contributed by atoms with E-state index in [4.69, 9.17) is 0 Å². The molecule has 0 aliphatic rings. The summed E-state index contributed by atoms with van der Waals surface area (Å²) in [6.45, 7) is 33.4. The van der Waals surface area contributed by atoms with Crippen molar-refractivity contribution in [1.29, 1.82) is 0 Å². The highest BCUT2D eigenvalue weighted by atomic mass is 14.2. The fourth-order valence-electron chi connectivity index (χ4n) is 7.24. The van der Waals surface area contributed by atoms with Crippen LogP contribution >= 0.6 is 0 Å². The van der Waals surface area contributed by atoms with Gasteiger partial charge in [0.25, 0.3) is 0 Å². The monoisotopic (exact) mass is 979 g/mol. The van der Waals surface area contributed by atoms with Gasteiger partial charge in [-0.1, -0.05) is 219 Å². The average Bonchev–Trinajstić information content (AvgIpc) is 3.38. The lowest BCUT2D eigenvalue weighted by Crippen LogP contribution is -2.16. The van der Waals surface area contributed by atoms with Gasteiger partial charge in [-0.15, -0.1) is 35.5 Å². The molecular formula is C75H78. The third-order valence-electron chi connectivity index (χ3n) is 11.4. The van der Waals surface area contributed by atoms with Gasteiger partial charge in [0.1, 0.15) is 0 Å². The van der Waals surface area contributed by atoms with E-state index < -0.39 is 0 Å². The fraction of sp³-hybridized carbons (Fsp3) is 0.253. The van der Waals surface area contributed by atoms with E-state index in [0.29, 0.717) is 0 Å². The second-order valence-corrected chi connectivity index (χ2v) is 20.7. The summed E-state index contributed by atoms with van der Waals surface area (Å²) in [6.07, 6.45) is 0. The van der Waals surface area contributed by atoms with Gasteiger partial charge in [0.05, 0.1) is 0 Å². The van der Waals surface area contributed by atoms with Gasteiger partial charge in [-0.3, -0.25) is 0 Å². The third kappa shape index (κ3) is 22.5. The van der Waals surface area contributed by atoms with Gasteiger partial charge in [-0.2, -0.15) is 0 Å². The van der Waals surface area contributed by atoms with Crippen LogP contribution in [0.4, 0.5) is 0 Å². The quantitative estimate of drug-likeness (QED) is 0.133. The Labute approximate surface area is 454 Å². The van der Waals surface area contributed by atoms with Crippen LogP contribution in [0.15, 0.2) is 182 Å². The van der Waals surface area contributed by atoms with Crippen LogP contribution in [0.5, 0.6) is 0 Å². The Morgan fingerprint density at radius 3 is 1.15 bits per heavy atom. The van der Waals surface area contributed by atoms with E-state index in [1.807, 2.05) is 114 Å². The van der Waals surface area contributed by atoms with Crippen molar-refractivity contribution in [2.24, 2.45) is 0 Å². The molecule has 0 radical (unpaired) electrons. The Morgan fingerprint density at radius 2 is 0.653 bits per heavy atom. The molecule has 75 heavy (non-hydrogen) atoms. The lowest BCUT2D eigenvalue weighted by Gasteiger charge is -2.25. The lowest BCUT2D eigenvalue weighted by molar-refractivity contribution is 0.568. The first kappa shape index (κ1) is 60.9. The number of fused-ring (bicyclic) bond motifs is 2. The Morgan fingerprint density at radius 1 is 0.267 bits per heavy atom. The third-order valence-corrected chi connectivity index (χ3v) is 11.4. The van der Waals surface area contributed by atoms with Crippen molar-refractivity contribution >= 4 is 21.5 Å². The molecule has 0 bridgehead atoms. The number of aryl methyl sites for hydroxylation is 1. The van der Waals surface area contributed by atoms with E-state index in [1.54, 1.807) is 0 Å². The van der Waals surface area contributed by atoms with Crippen LogP contribution in [-0.4, -0.2) is 0 Å². The normalized spacial score (nSPS) is 9.76. The zero-order valence-electron chi connectivity index (χ0n) is 47.8. The molecule has 0 amide bonds. The highest BCUT2D eigenvalue weighted by Gasteiger charge is 2.20. The Kier molecular flexibility index (Phi) is 25.4. The largest absolute Gasteiger partial charge is 0.101 e.